The van der Waals surface area contributed by atoms with Crippen LogP contribution in [0.2, 0.25) is 5.02 Å². The molecule has 0 atom stereocenters. The molecule has 1 heterocycles. The summed E-state index contributed by atoms with van der Waals surface area (Å²) in [7, 11) is 1.75. The molecule has 1 N–H and O–H groups in total. The van der Waals surface area contributed by atoms with Crippen molar-refractivity contribution >= 4 is 22.5 Å². The van der Waals surface area contributed by atoms with Gasteiger partial charge >= 0.3 is 0 Å². The summed E-state index contributed by atoms with van der Waals surface area (Å²) in [6.45, 7) is 2.70. The summed E-state index contributed by atoms with van der Waals surface area (Å²) in [6, 6.07) is 7.93. The third-order valence-electron chi connectivity index (χ3n) is 3.32. The van der Waals surface area contributed by atoms with Crippen molar-refractivity contribution in [1.29, 1.82) is 0 Å². The van der Waals surface area contributed by atoms with Crippen LogP contribution < -0.4 is 5.32 Å². The van der Waals surface area contributed by atoms with E-state index in [1.807, 2.05) is 24.4 Å². The van der Waals surface area contributed by atoms with Gasteiger partial charge in [0.15, 0.2) is 0 Å². The molecule has 2 aromatic rings. The van der Waals surface area contributed by atoms with Crippen molar-refractivity contribution in [3.63, 3.8) is 0 Å². The first-order chi connectivity index (χ1) is 9.83. The number of halogens is 1. The minimum absolute atomic E-state index is 0.761. The summed E-state index contributed by atoms with van der Waals surface area (Å²) in [5.41, 5.74) is 2.19. The van der Waals surface area contributed by atoms with Crippen molar-refractivity contribution in [2.24, 2.45) is 0 Å². The Hall–Kier alpha value is -1.16. The molecule has 0 aliphatic heterocycles. The number of hydrogen-bond donors (Lipinski definition) is 1. The molecule has 108 valence electrons. The van der Waals surface area contributed by atoms with Gasteiger partial charge in [0.05, 0.1) is 5.52 Å². The monoisotopic (exact) mass is 292 g/mol. The van der Waals surface area contributed by atoms with Crippen LogP contribution in [0.25, 0.3) is 10.9 Å². The lowest BCUT2D eigenvalue weighted by molar-refractivity contribution is 0.192. The predicted molar refractivity (Wildman–Crippen MR) is 84.2 cm³/mol. The minimum Gasteiger partial charge on any atom is -0.385 e. The number of unbranched alkanes of at least 4 members (excludes halogenated alkanes) is 2. The molecule has 0 aliphatic rings. The van der Waals surface area contributed by atoms with Crippen LogP contribution in [0.1, 0.15) is 24.8 Å². The average Bonchev–Trinajstić information content (AvgIpc) is 2.49. The van der Waals surface area contributed by atoms with Gasteiger partial charge in [-0.15, -0.1) is 0 Å². The van der Waals surface area contributed by atoms with Gasteiger partial charge in [-0.25, -0.2) is 0 Å². The van der Waals surface area contributed by atoms with E-state index in [4.69, 9.17) is 16.3 Å². The number of fused-ring (bicyclic) bond motifs is 1. The van der Waals surface area contributed by atoms with E-state index in [-0.39, 0.29) is 0 Å². The maximum Gasteiger partial charge on any atom is 0.0761 e. The molecule has 0 amide bonds. The van der Waals surface area contributed by atoms with Gasteiger partial charge in [-0.1, -0.05) is 17.7 Å². The second kappa shape index (κ2) is 8.20. The Balaban J connectivity index is 1.86. The van der Waals surface area contributed by atoms with Crippen LogP contribution >= 0.6 is 11.6 Å². The zero-order valence-corrected chi connectivity index (χ0v) is 12.6. The van der Waals surface area contributed by atoms with Gasteiger partial charge in [0.25, 0.3) is 0 Å². The molecule has 4 heteroatoms. The Morgan fingerprint density at radius 2 is 2.10 bits per heavy atom. The third-order valence-corrected chi connectivity index (χ3v) is 3.65. The van der Waals surface area contributed by atoms with Gasteiger partial charge in [-0.3, -0.25) is 4.98 Å². The van der Waals surface area contributed by atoms with Crippen molar-refractivity contribution in [1.82, 2.24) is 10.3 Å². The summed E-state index contributed by atoms with van der Waals surface area (Å²) in [5, 5.41) is 5.25. The van der Waals surface area contributed by atoms with Crippen molar-refractivity contribution in [2.45, 2.75) is 25.8 Å². The summed E-state index contributed by atoms with van der Waals surface area (Å²) in [5.74, 6) is 0. The van der Waals surface area contributed by atoms with Crippen molar-refractivity contribution in [3.05, 3.63) is 41.0 Å². The summed E-state index contributed by atoms with van der Waals surface area (Å²) in [6.07, 6.45) is 5.30. The zero-order valence-electron chi connectivity index (χ0n) is 11.9. The molecule has 0 unspecified atom stereocenters. The summed E-state index contributed by atoms with van der Waals surface area (Å²) < 4.78 is 5.04. The van der Waals surface area contributed by atoms with Crippen LogP contribution in [-0.2, 0) is 11.3 Å². The largest absolute Gasteiger partial charge is 0.385 e. The highest BCUT2D eigenvalue weighted by Gasteiger charge is 2.04. The molecule has 0 saturated heterocycles. The molecular weight excluding hydrogens is 272 g/mol. The number of rotatable bonds is 8. The van der Waals surface area contributed by atoms with Crippen LogP contribution in [0.15, 0.2) is 30.5 Å². The standard InChI is InChI=1S/C16H21ClN2O/c1-20-11-4-2-3-9-18-12-13-7-8-15(17)14-6-5-10-19-16(13)14/h5-8,10,18H,2-4,9,11-12H2,1H3. The average molecular weight is 293 g/mol. The molecule has 3 nitrogen and oxygen atoms in total. The number of pyridine rings is 1. The number of methoxy groups -OCH3 is 1. The minimum atomic E-state index is 0.761. The fourth-order valence-electron chi connectivity index (χ4n) is 2.24. The lowest BCUT2D eigenvalue weighted by Gasteiger charge is -2.08. The Labute approximate surface area is 125 Å². The van der Waals surface area contributed by atoms with Crippen LogP contribution in [0.5, 0.6) is 0 Å². The number of nitrogens with zero attached hydrogens (tertiary/aromatic N) is 1. The molecule has 0 bridgehead atoms. The second-order valence-corrected chi connectivity index (χ2v) is 5.24. The molecule has 0 radical (unpaired) electrons. The first kappa shape index (κ1) is 15.2. The fourth-order valence-corrected chi connectivity index (χ4v) is 2.45. The van der Waals surface area contributed by atoms with E-state index in [9.17, 15) is 0 Å². The lowest BCUT2D eigenvalue weighted by atomic mass is 10.1. The molecular formula is C16H21ClN2O. The molecule has 0 saturated carbocycles. The van der Waals surface area contributed by atoms with E-state index in [0.717, 1.165) is 42.0 Å². The highest BCUT2D eigenvalue weighted by atomic mass is 35.5. The summed E-state index contributed by atoms with van der Waals surface area (Å²) in [4.78, 5) is 4.44. The van der Waals surface area contributed by atoms with Crippen molar-refractivity contribution < 1.29 is 4.74 Å². The number of benzene rings is 1. The molecule has 1 aromatic heterocycles. The number of aromatic nitrogens is 1. The molecule has 0 spiro atoms. The van der Waals surface area contributed by atoms with Gasteiger partial charge in [0.2, 0.25) is 0 Å². The molecule has 0 aliphatic carbocycles. The second-order valence-electron chi connectivity index (χ2n) is 4.84. The van der Waals surface area contributed by atoms with Gasteiger partial charge in [-0.2, -0.15) is 0 Å². The fraction of sp³-hybridized carbons (Fsp3) is 0.438. The van der Waals surface area contributed by atoms with Gasteiger partial charge in [0.1, 0.15) is 0 Å². The van der Waals surface area contributed by atoms with Gasteiger partial charge in [-0.05, 0) is 49.6 Å². The smallest absolute Gasteiger partial charge is 0.0761 e. The maximum atomic E-state index is 6.19. The molecule has 20 heavy (non-hydrogen) atoms. The zero-order chi connectivity index (χ0) is 14.2. The Kier molecular flexibility index (Phi) is 6.25. The first-order valence-corrected chi connectivity index (χ1v) is 7.42. The van der Waals surface area contributed by atoms with Gasteiger partial charge in [0, 0.05) is 36.9 Å². The number of ether oxygens (including phenoxy) is 1. The van der Waals surface area contributed by atoms with Gasteiger partial charge < -0.3 is 10.1 Å². The van der Waals surface area contributed by atoms with E-state index in [1.165, 1.54) is 18.4 Å². The van der Waals surface area contributed by atoms with Crippen LogP contribution in [0.3, 0.4) is 0 Å². The highest BCUT2D eigenvalue weighted by molar-refractivity contribution is 6.35. The lowest BCUT2D eigenvalue weighted by Crippen LogP contribution is -2.15. The SMILES string of the molecule is COCCCCCNCc1ccc(Cl)c2cccnc12. The quantitative estimate of drug-likeness (QED) is 0.752. The van der Waals surface area contributed by atoms with E-state index < -0.39 is 0 Å². The Morgan fingerprint density at radius 1 is 1.20 bits per heavy atom. The van der Waals surface area contributed by atoms with Crippen LogP contribution in [-0.4, -0.2) is 25.2 Å². The molecule has 2 rings (SSSR count). The van der Waals surface area contributed by atoms with Crippen molar-refractivity contribution in [2.75, 3.05) is 20.3 Å². The number of nitrogens with one attached hydrogen (secondary N) is 1. The molecule has 1 aromatic carbocycles. The maximum absolute atomic E-state index is 6.19. The van der Waals surface area contributed by atoms with E-state index in [1.54, 1.807) is 7.11 Å². The predicted octanol–water partition coefficient (Wildman–Crippen LogP) is 3.79. The highest BCUT2D eigenvalue weighted by Crippen LogP contribution is 2.24. The summed E-state index contributed by atoms with van der Waals surface area (Å²) >= 11 is 6.19. The van der Waals surface area contributed by atoms with E-state index in [0.29, 0.717) is 0 Å². The van der Waals surface area contributed by atoms with Crippen molar-refractivity contribution in [3.8, 4) is 0 Å². The van der Waals surface area contributed by atoms with E-state index in [2.05, 4.69) is 16.4 Å². The Morgan fingerprint density at radius 3 is 2.95 bits per heavy atom. The number of hydrogen-bond acceptors (Lipinski definition) is 3. The van der Waals surface area contributed by atoms with Crippen LogP contribution in [0.4, 0.5) is 0 Å². The normalized spacial score (nSPS) is 11.1. The topological polar surface area (TPSA) is 34.1 Å². The Bertz CT molecular complexity index is 545. The van der Waals surface area contributed by atoms with Crippen LogP contribution in [0, 0.1) is 0 Å². The van der Waals surface area contributed by atoms with E-state index >= 15 is 0 Å². The third kappa shape index (κ3) is 4.17. The molecule has 0 fully saturated rings. The first-order valence-electron chi connectivity index (χ1n) is 7.04.